The Morgan fingerprint density at radius 3 is 2.56 bits per heavy atom. The SMILES string of the molecule is COc1ncccc1CN1CCC(C=Cc2cc(C)cc(C)c2)CC1. The van der Waals surface area contributed by atoms with Crippen molar-refractivity contribution in [1.29, 1.82) is 0 Å². The number of pyridine rings is 1. The Labute approximate surface area is 151 Å². The molecule has 0 radical (unpaired) electrons. The van der Waals surface area contributed by atoms with Crippen LogP contribution >= 0.6 is 0 Å². The van der Waals surface area contributed by atoms with Crippen LogP contribution in [-0.2, 0) is 6.54 Å². The lowest BCUT2D eigenvalue weighted by molar-refractivity contribution is 0.193. The summed E-state index contributed by atoms with van der Waals surface area (Å²) in [6.45, 7) is 7.50. The number of nitrogens with zero attached hydrogens (tertiary/aromatic N) is 2. The quantitative estimate of drug-likeness (QED) is 0.796. The maximum absolute atomic E-state index is 5.37. The molecule has 0 atom stereocenters. The number of aromatic nitrogens is 1. The zero-order chi connectivity index (χ0) is 17.6. The minimum atomic E-state index is 0.674. The Hall–Kier alpha value is -2.13. The number of hydrogen-bond donors (Lipinski definition) is 0. The first kappa shape index (κ1) is 17.7. The summed E-state index contributed by atoms with van der Waals surface area (Å²) in [6, 6.07) is 10.8. The lowest BCUT2D eigenvalue weighted by Crippen LogP contribution is -2.32. The Morgan fingerprint density at radius 2 is 1.88 bits per heavy atom. The van der Waals surface area contributed by atoms with E-state index < -0.39 is 0 Å². The van der Waals surface area contributed by atoms with E-state index in [9.17, 15) is 0 Å². The maximum atomic E-state index is 5.37. The van der Waals surface area contributed by atoms with Crippen molar-refractivity contribution in [3.63, 3.8) is 0 Å². The summed E-state index contributed by atoms with van der Waals surface area (Å²) in [5.41, 5.74) is 5.16. The molecule has 1 aliphatic heterocycles. The number of allylic oxidation sites excluding steroid dienone is 1. The predicted octanol–water partition coefficient (Wildman–Crippen LogP) is 4.63. The summed E-state index contributed by atoms with van der Waals surface area (Å²) in [6.07, 6.45) is 8.90. The fourth-order valence-electron chi connectivity index (χ4n) is 3.63. The van der Waals surface area contributed by atoms with Crippen LogP contribution in [0.5, 0.6) is 5.88 Å². The molecule has 1 aliphatic rings. The minimum absolute atomic E-state index is 0.674. The summed E-state index contributed by atoms with van der Waals surface area (Å²) in [7, 11) is 1.69. The van der Waals surface area contributed by atoms with Crippen molar-refractivity contribution in [2.75, 3.05) is 20.2 Å². The van der Waals surface area contributed by atoms with Gasteiger partial charge in [0.1, 0.15) is 0 Å². The van der Waals surface area contributed by atoms with Gasteiger partial charge in [-0.05, 0) is 57.3 Å². The fraction of sp³-hybridized carbons (Fsp3) is 0.409. The van der Waals surface area contributed by atoms with E-state index in [1.54, 1.807) is 13.3 Å². The van der Waals surface area contributed by atoms with Gasteiger partial charge in [-0.25, -0.2) is 4.98 Å². The van der Waals surface area contributed by atoms with Crippen molar-refractivity contribution in [3.8, 4) is 5.88 Å². The normalized spacial score (nSPS) is 16.4. The molecule has 0 amide bonds. The first-order chi connectivity index (χ1) is 12.1. The van der Waals surface area contributed by atoms with E-state index in [0.29, 0.717) is 5.92 Å². The lowest BCUT2D eigenvalue weighted by Gasteiger charge is -2.30. The molecule has 132 valence electrons. The van der Waals surface area contributed by atoms with E-state index in [4.69, 9.17) is 4.74 Å². The molecule has 0 spiro atoms. The first-order valence-corrected chi connectivity index (χ1v) is 9.11. The van der Waals surface area contributed by atoms with E-state index in [2.05, 4.69) is 60.1 Å². The van der Waals surface area contributed by atoms with Crippen molar-refractivity contribution in [2.24, 2.45) is 5.92 Å². The van der Waals surface area contributed by atoms with Crippen LogP contribution in [0, 0.1) is 19.8 Å². The third-order valence-electron chi connectivity index (χ3n) is 4.87. The highest BCUT2D eigenvalue weighted by Gasteiger charge is 2.18. The van der Waals surface area contributed by atoms with Crippen LogP contribution in [0.4, 0.5) is 0 Å². The van der Waals surface area contributed by atoms with E-state index >= 15 is 0 Å². The van der Waals surface area contributed by atoms with Gasteiger partial charge in [0, 0.05) is 18.3 Å². The largest absolute Gasteiger partial charge is 0.481 e. The number of methoxy groups -OCH3 is 1. The van der Waals surface area contributed by atoms with Gasteiger partial charge in [0.25, 0.3) is 0 Å². The topological polar surface area (TPSA) is 25.4 Å². The molecule has 0 saturated carbocycles. The molecule has 3 rings (SSSR count). The second kappa shape index (κ2) is 8.30. The van der Waals surface area contributed by atoms with Gasteiger partial charge in [-0.3, -0.25) is 4.90 Å². The Balaban J connectivity index is 1.54. The molecule has 1 saturated heterocycles. The fourth-order valence-corrected chi connectivity index (χ4v) is 3.63. The van der Waals surface area contributed by atoms with E-state index in [-0.39, 0.29) is 0 Å². The summed E-state index contributed by atoms with van der Waals surface area (Å²) in [5.74, 6) is 1.42. The monoisotopic (exact) mass is 336 g/mol. The second-order valence-electron chi connectivity index (χ2n) is 7.07. The van der Waals surface area contributed by atoms with Gasteiger partial charge in [-0.1, -0.05) is 47.5 Å². The van der Waals surface area contributed by atoms with E-state index in [0.717, 1.165) is 25.5 Å². The van der Waals surface area contributed by atoms with Crippen molar-refractivity contribution < 1.29 is 4.74 Å². The van der Waals surface area contributed by atoms with Gasteiger partial charge in [0.2, 0.25) is 5.88 Å². The lowest BCUT2D eigenvalue weighted by atomic mass is 9.95. The third-order valence-corrected chi connectivity index (χ3v) is 4.87. The van der Waals surface area contributed by atoms with E-state index in [1.165, 1.54) is 35.1 Å². The minimum Gasteiger partial charge on any atom is -0.481 e. The number of likely N-dealkylation sites (tertiary alicyclic amines) is 1. The molecule has 25 heavy (non-hydrogen) atoms. The van der Waals surface area contributed by atoms with Gasteiger partial charge in [0.05, 0.1) is 7.11 Å². The number of benzene rings is 1. The maximum Gasteiger partial charge on any atom is 0.217 e. The molecule has 3 heteroatoms. The van der Waals surface area contributed by atoms with Crippen LogP contribution in [0.15, 0.2) is 42.6 Å². The second-order valence-corrected chi connectivity index (χ2v) is 7.07. The van der Waals surface area contributed by atoms with Gasteiger partial charge in [0.15, 0.2) is 0 Å². The van der Waals surface area contributed by atoms with Crippen LogP contribution in [0.1, 0.15) is 35.1 Å². The summed E-state index contributed by atoms with van der Waals surface area (Å²) in [5, 5.41) is 0. The Morgan fingerprint density at radius 1 is 1.16 bits per heavy atom. The van der Waals surface area contributed by atoms with Gasteiger partial charge in [-0.15, -0.1) is 0 Å². The molecule has 1 aromatic heterocycles. The average Bonchev–Trinajstić information content (AvgIpc) is 2.61. The molecule has 0 aliphatic carbocycles. The van der Waals surface area contributed by atoms with Crippen molar-refractivity contribution in [1.82, 2.24) is 9.88 Å². The van der Waals surface area contributed by atoms with E-state index in [1.807, 2.05) is 6.07 Å². The standard InChI is InChI=1S/C22H28N2O/c1-17-13-18(2)15-20(14-17)7-6-19-8-11-24(12-9-19)16-21-5-4-10-23-22(21)25-3/h4-7,10,13-15,19H,8-9,11-12,16H2,1-3H3. The highest BCUT2D eigenvalue weighted by atomic mass is 16.5. The van der Waals surface area contributed by atoms with Crippen LogP contribution < -0.4 is 4.74 Å². The third kappa shape index (κ3) is 4.93. The summed E-state index contributed by atoms with van der Waals surface area (Å²) in [4.78, 5) is 6.80. The Bertz CT molecular complexity index is 710. The number of piperidine rings is 1. The molecule has 0 unspecified atom stereocenters. The molecular formula is C22H28N2O. The van der Waals surface area contributed by atoms with Crippen LogP contribution in [0.2, 0.25) is 0 Å². The van der Waals surface area contributed by atoms with Crippen LogP contribution in [0.25, 0.3) is 6.08 Å². The molecular weight excluding hydrogens is 308 g/mol. The van der Waals surface area contributed by atoms with Crippen molar-refractivity contribution >= 4 is 6.08 Å². The van der Waals surface area contributed by atoms with Gasteiger partial charge >= 0.3 is 0 Å². The number of ether oxygens (including phenoxy) is 1. The van der Waals surface area contributed by atoms with Gasteiger partial charge < -0.3 is 4.74 Å². The molecule has 0 N–H and O–H groups in total. The predicted molar refractivity (Wildman–Crippen MR) is 104 cm³/mol. The highest BCUT2D eigenvalue weighted by Crippen LogP contribution is 2.23. The molecule has 0 bridgehead atoms. The van der Waals surface area contributed by atoms with Crippen molar-refractivity contribution in [2.45, 2.75) is 33.2 Å². The van der Waals surface area contributed by atoms with Crippen LogP contribution in [-0.4, -0.2) is 30.1 Å². The molecule has 1 fully saturated rings. The molecule has 2 aromatic rings. The number of hydrogen-bond acceptors (Lipinski definition) is 3. The molecule has 1 aromatic carbocycles. The summed E-state index contributed by atoms with van der Waals surface area (Å²) >= 11 is 0. The van der Waals surface area contributed by atoms with Crippen molar-refractivity contribution in [3.05, 3.63) is 64.9 Å². The molecule has 3 nitrogen and oxygen atoms in total. The smallest absolute Gasteiger partial charge is 0.217 e. The zero-order valence-corrected chi connectivity index (χ0v) is 15.5. The average molecular weight is 336 g/mol. The zero-order valence-electron chi connectivity index (χ0n) is 15.5. The molecule has 2 heterocycles. The van der Waals surface area contributed by atoms with Gasteiger partial charge in [-0.2, -0.15) is 0 Å². The number of rotatable bonds is 5. The van der Waals surface area contributed by atoms with Crippen LogP contribution in [0.3, 0.4) is 0 Å². The summed E-state index contributed by atoms with van der Waals surface area (Å²) < 4.78 is 5.37. The number of aryl methyl sites for hydroxylation is 2. The highest BCUT2D eigenvalue weighted by molar-refractivity contribution is 5.52. The Kier molecular flexibility index (Phi) is 5.87. The first-order valence-electron chi connectivity index (χ1n) is 9.11.